The summed E-state index contributed by atoms with van der Waals surface area (Å²) in [5.74, 6) is 1.92. The minimum atomic E-state index is -0.790. The fourth-order valence-corrected chi connectivity index (χ4v) is 3.65. The van der Waals surface area contributed by atoms with Crippen LogP contribution in [0.5, 0.6) is 5.75 Å². The molecule has 2 rings (SSSR count). The van der Waals surface area contributed by atoms with E-state index in [4.69, 9.17) is 4.74 Å². The molecule has 3 nitrogen and oxygen atoms in total. The number of nitrogens with zero attached hydrogens (tertiary/aromatic N) is 2. The highest BCUT2D eigenvalue weighted by Gasteiger charge is 2.11. The van der Waals surface area contributed by atoms with E-state index in [0.29, 0.717) is 25.4 Å². The number of aromatic nitrogens is 2. The second-order valence-electron chi connectivity index (χ2n) is 8.79. The Kier molecular flexibility index (Phi) is 12.2. The maximum absolute atomic E-state index is 13.9. The van der Waals surface area contributed by atoms with Gasteiger partial charge in [-0.2, -0.15) is 0 Å². The average Bonchev–Trinajstić information content (AvgIpc) is 2.79. The van der Waals surface area contributed by atoms with Gasteiger partial charge in [0.1, 0.15) is 11.9 Å². The molecule has 2 unspecified atom stereocenters. The Morgan fingerprint density at radius 3 is 2.19 bits per heavy atom. The minimum Gasteiger partial charge on any atom is -0.493 e. The summed E-state index contributed by atoms with van der Waals surface area (Å²) in [5, 5.41) is 0. The van der Waals surface area contributed by atoms with Gasteiger partial charge in [0, 0.05) is 24.4 Å². The lowest BCUT2D eigenvalue weighted by atomic mass is 10.0. The summed E-state index contributed by atoms with van der Waals surface area (Å²) in [7, 11) is 0. The fourth-order valence-electron chi connectivity index (χ4n) is 3.65. The van der Waals surface area contributed by atoms with Gasteiger partial charge >= 0.3 is 0 Å². The number of alkyl halides is 1. The van der Waals surface area contributed by atoms with E-state index in [1.807, 2.05) is 36.7 Å². The number of aryl methyl sites for hydroxylation is 1. The van der Waals surface area contributed by atoms with Crippen LogP contribution >= 0.6 is 0 Å². The van der Waals surface area contributed by atoms with Crippen LogP contribution in [-0.2, 0) is 6.42 Å². The van der Waals surface area contributed by atoms with Crippen LogP contribution < -0.4 is 4.74 Å². The Morgan fingerprint density at radius 1 is 0.903 bits per heavy atom. The molecule has 0 aliphatic heterocycles. The highest BCUT2D eigenvalue weighted by atomic mass is 19.1. The predicted molar refractivity (Wildman–Crippen MR) is 128 cm³/mol. The Balaban J connectivity index is 1.71. The van der Waals surface area contributed by atoms with Crippen molar-refractivity contribution >= 4 is 0 Å². The molecular formula is C27H41FN2O. The molecular weight excluding hydrogens is 387 g/mol. The fraction of sp³-hybridized carbons (Fsp3) is 0.630. The number of ether oxygens (including phenoxy) is 1. The van der Waals surface area contributed by atoms with Gasteiger partial charge in [-0.25, -0.2) is 14.4 Å². The molecule has 0 radical (unpaired) electrons. The zero-order valence-corrected chi connectivity index (χ0v) is 19.8. The van der Waals surface area contributed by atoms with Gasteiger partial charge in [0.15, 0.2) is 5.82 Å². The second-order valence-corrected chi connectivity index (χ2v) is 8.79. The van der Waals surface area contributed by atoms with E-state index in [2.05, 4.69) is 30.7 Å². The highest BCUT2D eigenvalue weighted by molar-refractivity contribution is 5.55. The molecule has 0 amide bonds. The first-order valence-corrected chi connectivity index (χ1v) is 12.3. The van der Waals surface area contributed by atoms with Gasteiger partial charge < -0.3 is 4.74 Å². The number of unbranched alkanes of at least 4 members (excludes halogenated alkanes) is 6. The summed E-state index contributed by atoms with van der Waals surface area (Å²) in [4.78, 5) is 9.07. The van der Waals surface area contributed by atoms with Gasteiger partial charge in [-0.05, 0) is 55.0 Å². The van der Waals surface area contributed by atoms with E-state index in [1.165, 1.54) is 50.5 Å². The Bertz CT molecular complexity index is 702. The van der Waals surface area contributed by atoms with Crippen molar-refractivity contribution in [3.8, 4) is 17.1 Å². The summed E-state index contributed by atoms with van der Waals surface area (Å²) in [6.07, 6.45) is 15.4. The topological polar surface area (TPSA) is 35.0 Å². The first-order valence-electron chi connectivity index (χ1n) is 12.3. The quantitative estimate of drug-likeness (QED) is 0.254. The van der Waals surface area contributed by atoms with Crippen molar-refractivity contribution in [1.29, 1.82) is 0 Å². The molecule has 0 aliphatic rings. The minimum absolute atomic E-state index is 0.404. The molecule has 0 aliphatic carbocycles. The Hall–Kier alpha value is -1.97. The van der Waals surface area contributed by atoms with Crippen LogP contribution in [0.15, 0.2) is 36.7 Å². The first kappa shape index (κ1) is 25.3. The summed E-state index contributed by atoms with van der Waals surface area (Å²) in [6, 6.07) is 7.75. The van der Waals surface area contributed by atoms with Crippen molar-refractivity contribution in [2.45, 2.75) is 97.6 Å². The van der Waals surface area contributed by atoms with Gasteiger partial charge in [-0.3, -0.25) is 0 Å². The molecule has 2 aromatic rings. The van der Waals surface area contributed by atoms with Crippen molar-refractivity contribution in [2.24, 2.45) is 5.92 Å². The van der Waals surface area contributed by atoms with E-state index in [9.17, 15) is 4.39 Å². The summed E-state index contributed by atoms with van der Waals surface area (Å²) >= 11 is 0. The number of benzene rings is 1. The lowest BCUT2D eigenvalue weighted by Gasteiger charge is -2.13. The number of halogens is 1. The number of rotatable bonds is 16. The average molecular weight is 429 g/mol. The molecule has 0 saturated carbocycles. The van der Waals surface area contributed by atoms with E-state index < -0.39 is 6.17 Å². The molecule has 172 valence electrons. The van der Waals surface area contributed by atoms with Gasteiger partial charge in [0.05, 0.1) is 6.61 Å². The molecule has 0 saturated heterocycles. The van der Waals surface area contributed by atoms with E-state index >= 15 is 0 Å². The summed E-state index contributed by atoms with van der Waals surface area (Å²) < 4.78 is 19.6. The predicted octanol–water partition coefficient (Wildman–Crippen LogP) is 7.98. The van der Waals surface area contributed by atoms with Gasteiger partial charge in [0.25, 0.3) is 0 Å². The smallest absolute Gasteiger partial charge is 0.159 e. The maximum Gasteiger partial charge on any atom is 0.159 e. The van der Waals surface area contributed by atoms with Gasteiger partial charge in [-0.15, -0.1) is 0 Å². The molecule has 0 fully saturated rings. The number of hydrogen-bond acceptors (Lipinski definition) is 3. The molecule has 0 N–H and O–H groups in total. The molecule has 4 heteroatoms. The normalized spacial score (nSPS) is 13.2. The highest BCUT2D eigenvalue weighted by Crippen LogP contribution is 2.21. The van der Waals surface area contributed by atoms with Crippen molar-refractivity contribution in [1.82, 2.24) is 9.97 Å². The van der Waals surface area contributed by atoms with Crippen LogP contribution in [0.2, 0.25) is 0 Å². The van der Waals surface area contributed by atoms with E-state index in [0.717, 1.165) is 30.0 Å². The Labute approximate surface area is 188 Å². The van der Waals surface area contributed by atoms with Crippen molar-refractivity contribution in [3.63, 3.8) is 0 Å². The summed E-state index contributed by atoms with van der Waals surface area (Å²) in [5.41, 5.74) is 2.17. The zero-order valence-electron chi connectivity index (χ0n) is 19.8. The molecule has 31 heavy (non-hydrogen) atoms. The largest absolute Gasteiger partial charge is 0.493 e. The molecule has 0 bridgehead atoms. The Morgan fingerprint density at radius 2 is 1.55 bits per heavy atom. The van der Waals surface area contributed by atoms with Crippen LogP contribution in [0.25, 0.3) is 11.4 Å². The third-order valence-corrected chi connectivity index (χ3v) is 5.94. The molecule has 1 heterocycles. The van der Waals surface area contributed by atoms with Crippen LogP contribution in [0, 0.1) is 5.92 Å². The van der Waals surface area contributed by atoms with E-state index in [-0.39, 0.29) is 0 Å². The maximum atomic E-state index is 13.9. The molecule has 2 atom stereocenters. The van der Waals surface area contributed by atoms with Gasteiger partial charge in [-0.1, -0.05) is 65.7 Å². The number of hydrogen-bond donors (Lipinski definition) is 0. The second kappa shape index (κ2) is 14.9. The zero-order chi connectivity index (χ0) is 22.3. The summed E-state index contributed by atoms with van der Waals surface area (Å²) in [6.45, 7) is 6.85. The third kappa shape index (κ3) is 10.3. The third-order valence-electron chi connectivity index (χ3n) is 5.94. The SMILES string of the molecule is CCCCCCCCCc1cnc(-c2ccc(OCCC(F)CC(C)CC)cc2)nc1. The van der Waals surface area contributed by atoms with Crippen molar-refractivity contribution in [2.75, 3.05) is 6.61 Å². The van der Waals surface area contributed by atoms with Crippen LogP contribution in [0.3, 0.4) is 0 Å². The molecule has 0 spiro atoms. The van der Waals surface area contributed by atoms with Crippen molar-refractivity contribution in [3.05, 3.63) is 42.2 Å². The standard InChI is InChI=1S/C27H41FN2O/c1-4-6-7-8-9-10-11-12-23-20-29-27(30-21-23)24-13-15-26(16-14-24)31-18-17-25(28)19-22(3)5-2/h13-16,20-22,25H,4-12,17-19H2,1-3H3. The van der Waals surface area contributed by atoms with Crippen molar-refractivity contribution < 1.29 is 9.13 Å². The van der Waals surface area contributed by atoms with E-state index in [1.54, 1.807) is 0 Å². The molecule has 1 aromatic carbocycles. The lowest BCUT2D eigenvalue weighted by Crippen LogP contribution is -2.11. The molecule has 1 aromatic heterocycles. The monoisotopic (exact) mass is 428 g/mol. The lowest BCUT2D eigenvalue weighted by molar-refractivity contribution is 0.207. The van der Waals surface area contributed by atoms with Crippen LogP contribution in [0.4, 0.5) is 4.39 Å². The van der Waals surface area contributed by atoms with Crippen LogP contribution in [-0.4, -0.2) is 22.7 Å². The van der Waals surface area contributed by atoms with Crippen LogP contribution in [0.1, 0.15) is 90.5 Å². The first-order chi connectivity index (χ1) is 15.1. The van der Waals surface area contributed by atoms with Gasteiger partial charge in [0.2, 0.25) is 0 Å².